The highest BCUT2D eigenvalue weighted by Crippen LogP contribution is 2.46. The fourth-order valence-electron chi connectivity index (χ4n) is 7.29. The van der Waals surface area contributed by atoms with Crippen LogP contribution in [0.1, 0.15) is 67.4 Å². The predicted molar refractivity (Wildman–Crippen MR) is 164 cm³/mol. The average Bonchev–Trinajstić information content (AvgIpc) is 3.09. The Morgan fingerprint density at radius 2 is 1.81 bits per heavy atom. The number of halogens is 1. The molecule has 10 heteroatoms. The van der Waals surface area contributed by atoms with Gasteiger partial charge in [-0.25, -0.2) is 13.1 Å². The van der Waals surface area contributed by atoms with Crippen LogP contribution in [0.2, 0.25) is 5.02 Å². The normalized spacial score (nSPS) is 31.2. The number of carbonyl (C=O) groups excluding carboxylic acids is 2. The van der Waals surface area contributed by atoms with E-state index >= 15 is 0 Å². The zero-order valence-electron chi connectivity index (χ0n) is 24.6. The highest BCUT2D eigenvalue weighted by molar-refractivity contribution is 7.90. The van der Waals surface area contributed by atoms with Gasteiger partial charge < -0.3 is 14.5 Å². The van der Waals surface area contributed by atoms with Crippen molar-refractivity contribution in [3.63, 3.8) is 0 Å². The van der Waals surface area contributed by atoms with E-state index in [0.717, 1.165) is 49.4 Å². The van der Waals surface area contributed by atoms with E-state index < -0.39 is 27.1 Å². The molecule has 4 aliphatic rings. The van der Waals surface area contributed by atoms with E-state index in [1.807, 2.05) is 13.1 Å². The topological polar surface area (TPSA) is 96.0 Å². The van der Waals surface area contributed by atoms with Gasteiger partial charge in [-0.2, -0.15) is 0 Å². The molecule has 1 fully saturated rings. The summed E-state index contributed by atoms with van der Waals surface area (Å²) in [4.78, 5) is 30.6. The maximum Gasteiger partial charge on any atom is 0.264 e. The van der Waals surface area contributed by atoms with E-state index in [9.17, 15) is 18.0 Å². The number of fused-ring (bicyclic) bond motifs is 4. The summed E-state index contributed by atoms with van der Waals surface area (Å²) in [7, 11) is -2.20. The zero-order valence-corrected chi connectivity index (χ0v) is 26.1. The first kappa shape index (κ1) is 29.3. The van der Waals surface area contributed by atoms with Crippen molar-refractivity contribution in [2.75, 3.05) is 38.2 Å². The van der Waals surface area contributed by atoms with Crippen LogP contribution >= 0.6 is 11.6 Å². The lowest BCUT2D eigenvalue weighted by Crippen LogP contribution is -2.50. The van der Waals surface area contributed by atoms with Gasteiger partial charge in [0.2, 0.25) is 15.9 Å². The minimum Gasteiger partial charge on any atom is -0.490 e. The molecule has 2 aromatic carbocycles. The number of amides is 2. The molecule has 8 nitrogen and oxygen atoms in total. The van der Waals surface area contributed by atoms with Crippen LogP contribution in [-0.4, -0.2) is 63.7 Å². The molecule has 226 valence electrons. The number of sulfonamides is 1. The molecule has 2 aliphatic heterocycles. The lowest BCUT2D eigenvalue weighted by molar-refractivity contribution is -0.132. The van der Waals surface area contributed by atoms with Gasteiger partial charge >= 0.3 is 0 Å². The first-order valence-electron chi connectivity index (χ1n) is 15.1. The third-order valence-corrected chi connectivity index (χ3v) is 12.4. The molecule has 5 atom stereocenters. The summed E-state index contributed by atoms with van der Waals surface area (Å²) in [6, 6.07) is 11.4. The summed E-state index contributed by atoms with van der Waals surface area (Å²) in [5, 5.41) is -0.178. The number of nitrogens with one attached hydrogen (secondary N) is 1. The van der Waals surface area contributed by atoms with Crippen molar-refractivity contribution in [2.24, 2.45) is 17.8 Å². The number of ether oxygens (including phenoxy) is 1. The molecule has 2 bridgehead atoms. The van der Waals surface area contributed by atoms with E-state index in [0.29, 0.717) is 37.3 Å². The molecule has 1 unspecified atom stereocenters. The molecular weight excluding hydrogens is 574 g/mol. The van der Waals surface area contributed by atoms with Crippen LogP contribution in [0.3, 0.4) is 0 Å². The van der Waals surface area contributed by atoms with E-state index in [1.165, 1.54) is 11.1 Å². The molecule has 1 spiro atoms. The summed E-state index contributed by atoms with van der Waals surface area (Å²) < 4.78 is 35.2. The fourth-order valence-corrected chi connectivity index (χ4v) is 8.76. The first-order chi connectivity index (χ1) is 20.0. The number of carbonyl (C=O) groups is 2. The average molecular weight is 614 g/mol. The van der Waals surface area contributed by atoms with Crippen LogP contribution in [0.5, 0.6) is 5.75 Å². The van der Waals surface area contributed by atoms with Crippen LogP contribution in [0.25, 0.3) is 0 Å². The Kier molecular flexibility index (Phi) is 7.71. The Hall–Kier alpha value is -2.78. The largest absolute Gasteiger partial charge is 0.490 e. The number of hydrogen-bond donors (Lipinski definition) is 1. The highest BCUT2D eigenvalue weighted by atomic mass is 35.5. The van der Waals surface area contributed by atoms with E-state index in [2.05, 4.69) is 21.8 Å². The van der Waals surface area contributed by atoms with Gasteiger partial charge in [-0.3, -0.25) is 9.59 Å². The minimum absolute atomic E-state index is 0.0688. The molecule has 42 heavy (non-hydrogen) atoms. The standard InChI is InChI=1S/C32H40ClN3O5S/c1-20-13-30(37)35(3)16-24-6-7-25(24)17-36-18-32(12-4-5-22-14-26(33)9-10-27(22)32)19-41-29-11-8-23(15-28(29)36)31(38)34-42(39,40)21(20)2/h8-11,14-15,20-21,24-25H,4-7,12-13,16-19H2,1-3H3,(H,34,38)/t20-,21+,24+,25+,32?/m1/s1. The van der Waals surface area contributed by atoms with Gasteiger partial charge in [0.05, 0.1) is 17.5 Å². The van der Waals surface area contributed by atoms with Crippen molar-refractivity contribution in [3.05, 3.63) is 58.1 Å². The molecule has 1 N–H and O–H groups in total. The highest BCUT2D eigenvalue weighted by Gasteiger charge is 2.44. The van der Waals surface area contributed by atoms with E-state index in [4.69, 9.17) is 16.3 Å². The van der Waals surface area contributed by atoms with Crippen LogP contribution in [-0.2, 0) is 26.7 Å². The molecule has 1 saturated carbocycles. The van der Waals surface area contributed by atoms with Crippen molar-refractivity contribution in [1.29, 1.82) is 0 Å². The lowest BCUT2D eigenvalue weighted by Gasteiger charge is -2.45. The maximum absolute atomic E-state index is 13.3. The summed E-state index contributed by atoms with van der Waals surface area (Å²) in [5.41, 5.74) is 3.35. The molecule has 2 amide bonds. The number of nitrogens with zero attached hydrogens (tertiary/aromatic N) is 2. The quantitative estimate of drug-likeness (QED) is 0.459. The van der Waals surface area contributed by atoms with Crippen LogP contribution in [0.4, 0.5) is 5.69 Å². The summed E-state index contributed by atoms with van der Waals surface area (Å²) >= 11 is 6.39. The second kappa shape index (κ2) is 11.1. The van der Waals surface area contributed by atoms with Gasteiger partial charge in [-0.05, 0) is 98.2 Å². The lowest BCUT2D eigenvalue weighted by atomic mass is 9.69. The molecule has 2 aromatic rings. The summed E-state index contributed by atoms with van der Waals surface area (Å²) in [6.45, 7) is 5.94. The van der Waals surface area contributed by atoms with Crippen LogP contribution in [0.15, 0.2) is 36.4 Å². The Morgan fingerprint density at radius 1 is 1.05 bits per heavy atom. The molecule has 2 heterocycles. The van der Waals surface area contributed by atoms with Gasteiger partial charge in [0.1, 0.15) is 5.75 Å². The van der Waals surface area contributed by atoms with E-state index in [-0.39, 0.29) is 23.3 Å². The monoisotopic (exact) mass is 613 g/mol. The predicted octanol–water partition coefficient (Wildman–Crippen LogP) is 4.79. The maximum atomic E-state index is 13.3. The number of anilines is 1. The molecule has 0 aromatic heterocycles. The Bertz CT molecular complexity index is 1510. The number of hydrogen-bond acceptors (Lipinski definition) is 6. The second-order valence-corrected chi connectivity index (χ2v) is 15.5. The minimum atomic E-state index is -4.01. The van der Waals surface area contributed by atoms with Gasteiger partial charge in [-0.15, -0.1) is 0 Å². The Morgan fingerprint density at radius 3 is 2.57 bits per heavy atom. The number of aryl methyl sites for hydroxylation is 1. The second-order valence-electron chi connectivity index (χ2n) is 13.0. The number of rotatable bonds is 0. The zero-order chi connectivity index (χ0) is 29.8. The fraction of sp³-hybridized carbons (Fsp3) is 0.562. The van der Waals surface area contributed by atoms with Crippen molar-refractivity contribution >= 4 is 39.1 Å². The molecule has 2 aliphatic carbocycles. The smallest absolute Gasteiger partial charge is 0.264 e. The van der Waals surface area contributed by atoms with Crippen molar-refractivity contribution < 1.29 is 22.7 Å². The van der Waals surface area contributed by atoms with E-state index in [1.54, 1.807) is 36.9 Å². The molecule has 0 saturated heterocycles. The third-order valence-electron chi connectivity index (χ3n) is 10.3. The molecular formula is C32H40ClN3O5S. The van der Waals surface area contributed by atoms with Crippen molar-refractivity contribution in [1.82, 2.24) is 9.62 Å². The van der Waals surface area contributed by atoms with Gasteiger partial charge in [-0.1, -0.05) is 24.6 Å². The Balaban J connectivity index is 1.42. The van der Waals surface area contributed by atoms with Crippen LogP contribution < -0.4 is 14.4 Å². The van der Waals surface area contributed by atoms with Crippen LogP contribution in [0, 0.1) is 17.8 Å². The van der Waals surface area contributed by atoms with Gasteiger partial charge in [0.15, 0.2) is 0 Å². The Labute approximate surface area is 253 Å². The molecule has 0 radical (unpaired) electrons. The SMILES string of the molecule is C[C@@H]1CC(=O)N(C)C[C@@H]2CC[C@H]2CN2CC3(CCCc4cc(Cl)ccc43)COc3ccc(cc32)C(=O)NS(=O)(=O)[C@H]1C. The number of benzene rings is 2. The summed E-state index contributed by atoms with van der Waals surface area (Å²) in [6.07, 6.45) is 5.21. The first-order valence-corrected chi connectivity index (χ1v) is 17.0. The summed E-state index contributed by atoms with van der Waals surface area (Å²) in [5.74, 6) is 0.245. The van der Waals surface area contributed by atoms with Gasteiger partial charge in [0, 0.05) is 49.1 Å². The molecule has 6 rings (SSSR count). The van der Waals surface area contributed by atoms with Crippen molar-refractivity contribution in [3.8, 4) is 5.75 Å². The van der Waals surface area contributed by atoms with Gasteiger partial charge in [0.25, 0.3) is 5.91 Å². The van der Waals surface area contributed by atoms with Crippen molar-refractivity contribution in [2.45, 2.75) is 63.0 Å². The third kappa shape index (κ3) is 5.39.